The number of hydrogen-bond donors (Lipinski definition) is 2. The molecule has 2 aromatic rings. The summed E-state index contributed by atoms with van der Waals surface area (Å²) in [6.07, 6.45) is 1.97. The molecule has 9 heteroatoms. The monoisotopic (exact) mass is 314 g/mol. The first-order valence-electron chi connectivity index (χ1n) is 6.50. The van der Waals surface area contributed by atoms with Crippen LogP contribution in [-0.2, 0) is 23.1 Å². The summed E-state index contributed by atoms with van der Waals surface area (Å²) >= 11 is 0. The van der Waals surface area contributed by atoms with Gasteiger partial charge in [0.1, 0.15) is 4.90 Å². The Hall–Kier alpha value is -1.71. The zero-order valence-electron chi connectivity index (χ0n) is 11.9. The first-order chi connectivity index (χ1) is 9.95. The molecule has 0 spiro atoms. The quantitative estimate of drug-likeness (QED) is 0.763. The summed E-state index contributed by atoms with van der Waals surface area (Å²) in [5.41, 5.74) is 0.974. The lowest BCUT2D eigenvalue weighted by molar-refractivity contribution is 0.276. The lowest BCUT2D eigenvalue weighted by Crippen LogP contribution is -2.24. The summed E-state index contributed by atoms with van der Waals surface area (Å²) in [5.74, 6) is 0.432. The van der Waals surface area contributed by atoms with Crippen LogP contribution < -0.4 is 4.72 Å². The van der Waals surface area contributed by atoms with Gasteiger partial charge in [0.25, 0.3) is 0 Å². The lowest BCUT2D eigenvalue weighted by atomic mass is 10.4. The van der Waals surface area contributed by atoms with Gasteiger partial charge in [0.05, 0.1) is 24.1 Å². The van der Waals surface area contributed by atoms with Gasteiger partial charge in [-0.15, -0.1) is 0 Å². The van der Waals surface area contributed by atoms with E-state index in [4.69, 9.17) is 9.63 Å². The van der Waals surface area contributed by atoms with Crippen molar-refractivity contribution in [2.24, 2.45) is 0 Å². The van der Waals surface area contributed by atoms with E-state index < -0.39 is 10.0 Å². The Labute approximate surface area is 122 Å². The van der Waals surface area contributed by atoms with E-state index in [9.17, 15) is 8.42 Å². The van der Waals surface area contributed by atoms with Crippen molar-refractivity contribution in [2.45, 2.75) is 38.3 Å². The standard InChI is InChI=1S/C12H18N4O4S/c1-9-12(10(2)16(15-9)6-3-7-17)21(18,19)14-8-11-4-5-13-20-11/h4-5,14,17H,3,6-8H2,1-2H3. The molecule has 2 rings (SSSR count). The molecule has 2 aromatic heterocycles. The molecule has 0 unspecified atom stereocenters. The molecule has 0 amide bonds. The van der Waals surface area contributed by atoms with E-state index >= 15 is 0 Å². The van der Waals surface area contributed by atoms with Crippen LogP contribution >= 0.6 is 0 Å². The minimum absolute atomic E-state index is 0.0308. The molecule has 0 aliphatic heterocycles. The van der Waals surface area contributed by atoms with Crippen LogP contribution in [0.5, 0.6) is 0 Å². The van der Waals surface area contributed by atoms with Gasteiger partial charge in [-0.25, -0.2) is 13.1 Å². The zero-order chi connectivity index (χ0) is 15.5. The van der Waals surface area contributed by atoms with Crippen LogP contribution in [-0.4, -0.2) is 35.1 Å². The third-order valence-corrected chi connectivity index (χ3v) is 4.69. The number of nitrogens with one attached hydrogen (secondary N) is 1. The van der Waals surface area contributed by atoms with Gasteiger partial charge in [0.15, 0.2) is 5.76 Å². The van der Waals surface area contributed by atoms with E-state index in [1.165, 1.54) is 6.20 Å². The molecule has 0 aromatic carbocycles. The number of aryl methyl sites for hydroxylation is 2. The van der Waals surface area contributed by atoms with Crippen molar-refractivity contribution >= 4 is 10.0 Å². The van der Waals surface area contributed by atoms with Gasteiger partial charge < -0.3 is 9.63 Å². The average Bonchev–Trinajstić information content (AvgIpc) is 3.03. The molecule has 0 aliphatic carbocycles. The number of aliphatic hydroxyl groups excluding tert-OH is 1. The fourth-order valence-electron chi connectivity index (χ4n) is 2.08. The molecule has 21 heavy (non-hydrogen) atoms. The van der Waals surface area contributed by atoms with Crippen LogP contribution in [0.4, 0.5) is 0 Å². The number of hydrogen-bond acceptors (Lipinski definition) is 6. The summed E-state index contributed by atoms with van der Waals surface area (Å²) in [5, 5.41) is 16.6. The van der Waals surface area contributed by atoms with Crippen molar-refractivity contribution in [3.63, 3.8) is 0 Å². The number of rotatable bonds is 7. The molecule has 116 valence electrons. The van der Waals surface area contributed by atoms with Crippen LogP contribution in [0.3, 0.4) is 0 Å². The first kappa shape index (κ1) is 15.7. The van der Waals surface area contributed by atoms with Crippen molar-refractivity contribution in [3.05, 3.63) is 29.4 Å². The minimum Gasteiger partial charge on any atom is -0.396 e. The summed E-state index contributed by atoms with van der Waals surface area (Å²) < 4.78 is 33.7. The van der Waals surface area contributed by atoms with Gasteiger partial charge >= 0.3 is 0 Å². The first-order valence-corrected chi connectivity index (χ1v) is 7.98. The third-order valence-electron chi connectivity index (χ3n) is 3.04. The highest BCUT2D eigenvalue weighted by Gasteiger charge is 2.24. The number of nitrogens with zero attached hydrogens (tertiary/aromatic N) is 3. The average molecular weight is 314 g/mol. The van der Waals surface area contributed by atoms with E-state index in [-0.39, 0.29) is 18.0 Å². The maximum absolute atomic E-state index is 12.4. The molecular formula is C12H18N4O4S. The molecule has 0 fully saturated rings. The van der Waals surface area contributed by atoms with Gasteiger partial charge in [-0.05, 0) is 20.3 Å². The molecule has 2 heterocycles. The summed E-state index contributed by atoms with van der Waals surface area (Å²) in [6.45, 7) is 3.87. The van der Waals surface area contributed by atoms with Crippen LogP contribution in [0, 0.1) is 13.8 Å². The van der Waals surface area contributed by atoms with Crippen LogP contribution in [0.2, 0.25) is 0 Å². The topological polar surface area (TPSA) is 110 Å². The maximum atomic E-state index is 12.4. The molecule has 0 bridgehead atoms. The second kappa shape index (κ2) is 6.37. The van der Waals surface area contributed by atoms with E-state index in [1.807, 2.05) is 0 Å². The largest absolute Gasteiger partial charge is 0.396 e. The molecular weight excluding hydrogens is 296 g/mol. The molecule has 2 N–H and O–H groups in total. The lowest BCUT2D eigenvalue weighted by Gasteiger charge is -2.06. The molecule has 0 radical (unpaired) electrons. The Morgan fingerprint density at radius 2 is 2.19 bits per heavy atom. The van der Waals surface area contributed by atoms with E-state index in [0.717, 1.165) is 0 Å². The number of sulfonamides is 1. The Bertz CT molecular complexity index is 691. The highest BCUT2D eigenvalue weighted by atomic mass is 32.2. The second-order valence-electron chi connectivity index (χ2n) is 4.60. The Morgan fingerprint density at radius 3 is 2.81 bits per heavy atom. The van der Waals surface area contributed by atoms with Crippen molar-refractivity contribution in [1.82, 2.24) is 19.7 Å². The fraction of sp³-hybridized carbons (Fsp3) is 0.500. The molecule has 8 nitrogen and oxygen atoms in total. The third kappa shape index (κ3) is 3.49. The van der Waals surface area contributed by atoms with Crippen LogP contribution in [0.25, 0.3) is 0 Å². The van der Waals surface area contributed by atoms with E-state index in [1.54, 1.807) is 24.6 Å². The number of aliphatic hydroxyl groups is 1. The smallest absolute Gasteiger partial charge is 0.244 e. The van der Waals surface area contributed by atoms with Gasteiger partial charge in [-0.2, -0.15) is 5.10 Å². The molecule has 0 atom stereocenters. The Kier molecular flexibility index (Phi) is 4.76. The number of aromatic nitrogens is 3. The predicted octanol–water partition coefficient (Wildman–Crippen LogP) is 0.349. The van der Waals surface area contributed by atoms with E-state index in [0.29, 0.717) is 30.1 Å². The van der Waals surface area contributed by atoms with Crippen molar-refractivity contribution < 1.29 is 18.0 Å². The minimum atomic E-state index is -3.69. The van der Waals surface area contributed by atoms with Crippen molar-refractivity contribution in [3.8, 4) is 0 Å². The van der Waals surface area contributed by atoms with E-state index in [2.05, 4.69) is 15.0 Å². The van der Waals surface area contributed by atoms with Crippen LogP contribution in [0.15, 0.2) is 21.7 Å². The summed E-state index contributed by atoms with van der Waals surface area (Å²) in [7, 11) is -3.69. The second-order valence-corrected chi connectivity index (χ2v) is 6.31. The zero-order valence-corrected chi connectivity index (χ0v) is 12.7. The predicted molar refractivity (Wildman–Crippen MR) is 73.9 cm³/mol. The van der Waals surface area contributed by atoms with Gasteiger partial charge in [-0.3, -0.25) is 4.68 Å². The maximum Gasteiger partial charge on any atom is 0.244 e. The Balaban J connectivity index is 2.21. The summed E-state index contributed by atoms with van der Waals surface area (Å²) in [4.78, 5) is 0.167. The van der Waals surface area contributed by atoms with Gasteiger partial charge in [-0.1, -0.05) is 5.16 Å². The fourth-order valence-corrected chi connectivity index (χ4v) is 3.48. The SMILES string of the molecule is Cc1nn(CCCO)c(C)c1S(=O)(=O)NCc1ccno1. The highest BCUT2D eigenvalue weighted by Crippen LogP contribution is 2.19. The van der Waals surface area contributed by atoms with Crippen molar-refractivity contribution in [1.29, 1.82) is 0 Å². The van der Waals surface area contributed by atoms with Crippen molar-refractivity contribution in [2.75, 3.05) is 6.61 Å². The highest BCUT2D eigenvalue weighted by molar-refractivity contribution is 7.89. The molecule has 0 saturated heterocycles. The van der Waals surface area contributed by atoms with Crippen LogP contribution in [0.1, 0.15) is 23.6 Å². The molecule has 0 saturated carbocycles. The Morgan fingerprint density at radius 1 is 1.43 bits per heavy atom. The normalized spacial score (nSPS) is 12.0. The van der Waals surface area contributed by atoms with Gasteiger partial charge in [0, 0.05) is 19.2 Å². The molecule has 0 aliphatic rings. The summed E-state index contributed by atoms with van der Waals surface area (Å²) in [6, 6.07) is 1.59. The van der Waals surface area contributed by atoms with Gasteiger partial charge in [0.2, 0.25) is 10.0 Å².